The number of ketones is 1. The lowest BCUT2D eigenvalue weighted by atomic mass is 10.0. The molecule has 0 aliphatic carbocycles. The van der Waals surface area contributed by atoms with Gasteiger partial charge in [0.2, 0.25) is 0 Å². The molecule has 0 spiro atoms. The Labute approximate surface area is 168 Å². The first kappa shape index (κ1) is 23.8. The van der Waals surface area contributed by atoms with Gasteiger partial charge in [0.25, 0.3) is 0 Å². The van der Waals surface area contributed by atoms with E-state index >= 15 is 0 Å². The van der Waals surface area contributed by atoms with Crippen molar-refractivity contribution in [3.63, 3.8) is 0 Å². The summed E-state index contributed by atoms with van der Waals surface area (Å²) in [5.41, 5.74) is -5.19. The van der Waals surface area contributed by atoms with Crippen molar-refractivity contribution in [2.75, 3.05) is 6.26 Å². The summed E-state index contributed by atoms with van der Waals surface area (Å²) >= 11 is 0.638. The van der Waals surface area contributed by atoms with Crippen molar-refractivity contribution < 1.29 is 44.3 Å². The minimum absolute atomic E-state index is 0.0716. The third-order valence-corrected chi connectivity index (χ3v) is 4.68. The van der Waals surface area contributed by atoms with Crippen molar-refractivity contribution in [2.45, 2.75) is 23.4 Å². The second-order valence-electron chi connectivity index (χ2n) is 5.92. The molecule has 2 rings (SSSR count). The van der Waals surface area contributed by atoms with Crippen molar-refractivity contribution in [3.8, 4) is 0 Å². The van der Waals surface area contributed by atoms with Crippen LogP contribution in [0.1, 0.15) is 32.6 Å². The minimum Gasteiger partial charge on any atom is -0.289 e. The van der Waals surface area contributed by atoms with Crippen LogP contribution in [0.25, 0.3) is 6.08 Å². The molecule has 0 saturated heterocycles. The predicted octanol–water partition coefficient (Wildman–Crippen LogP) is 7.36. The summed E-state index contributed by atoms with van der Waals surface area (Å²) in [5, 5.41) is 0. The molecule has 0 amide bonds. The molecule has 0 saturated carbocycles. The maximum Gasteiger partial charge on any atom is 0.417 e. The van der Waals surface area contributed by atoms with Crippen molar-refractivity contribution >= 4 is 23.6 Å². The van der Waals surface area contributed by atoms with Gasteiger partial charge in [-0.05, 0) is 48.2 Å². The number of alkyl halides is 9. The molecule has 0 fully saturated rings. The Balaban J connectivity index is 2.49. The number of halogens is 9. The van der Waals surface area contributed by atoms with E-state index in [4.69, 9.17) is 0 Å². The van der Waals surface area contributed by atoms with Crippen LogP contribution in [-0.2, 0) is 18.5 Å². The fraction of sp³-hybridized carbons (Fsp3) is 0.211. The molecule has 0 N–H and O–H groups in total. The van der Waals surface area contributed by atoms with E-state index in [0.717, 1.165) is 18.2 Å². The van der Waals surface area contributed by atoms with Gasteiger partial charge in [0.1, 0.15) is 0 Å². The third kappa shape index (κ3) is 5.59. The highest BCUT2D eigenvalue weighted by Crippen LogP contribution is 2.39. The van der Waals surface area contributed by atoms with Gasteiger partial charge in [-0.1, -0.05) is 12.1 Å². The van der Waals surface area contributed by atoms with E-state index in [1.165, 1.54) is 6.26 Å². The summed E-state index contributed by atoms with van der Waals surface area (Å²) in [6.45, 7) is 0. The largest absolute Gasteiger partial charge is 0.417 e. The van der Waals surface area contributed by atoms with E-state index in [9.17, 15) is 44.3 Å². The Morgan fingerprint density at radius 2 is 1.37 bits per heavy atom. The standard InChI is InChI=1S/C19H11F9OS/c1-30-16-13(3-2-4-14(16)19(26,27)28)15(29)6-5-10-7-11(17(20,21)22)9-12(8-10)18(23,24)25/h2-9H,1H3/b6-5+. The SMILES string of the molecule is CSc1c(C(=O)/C=C/c2cc(C(F)(F)F)cc(C(F)(F)F)c2)cccc1C(F)(F)F. The minimum atomic E-state index is -5.07. The molecule has 30 heavy (non-hydrogen) atoms. The second-order valence-corrected chi connectivity index (χ2v) is 6.74. The van der Waals surface area contributed by atoms with E-state index in [0.29, 0.717) is 36.0 Å². The fourth-order valence-electron chi connectivity index (χ4n) is 2.51. The van der Waals surface area contributed by atoms with Crippen LogP contribution in [0.15, 0.2) is 47.4 Å². The number of carbonyl (C=O) groups is 1. The molecule has 0 bridgehead atoms. The van der Waals surface area contributed by atoms with Crippen LogP contribution >= 0.6 is 11.8 Å². The Bertz CT molecular complexity index is 937. The van der Waals surface area contributed by atoms with Crippen LogP contribution < -0.4 is 0 Å². The lowest BCUT2D eigenvalue weighted by Crippen LogP contribution is -2.11. The molecule has 0 unspecified atom stereocenters. The number of rotatable bonds is 4. The van der Waals surface area contributed by atoms with Gasteiger partial charge < -0.3 is 0 Å². The number of carbonyl (C=O) groups excluding carboxylic acids is 1. The summed E-state index contributed by atoms with van der Waals surface area (Å²) < 4.78 is 117. The van der Waals surface area contributed by atoms with Crippen molar-refractivity contribution in [2.24, 2.45) is 0 Å². The zero-order chi connectivity index (χ0) is 22.9. The summed E-state index contributed by atoms with van der Waals surface area (Å²) in [5.74, 6) is -1.00. The average Bonchev–Trinajstić information content (AvgIpc) is 2.63. The van der Waals surface area contributed by atoms with Gasteiger partial charge in [0.15, 0.2) is 5.78 Å². The smallest absolute Gasteiger partial charge is 0.289 e. The van der Waals surface area contributed by atoms with Gasteiger partial charge in [-0.2, -0.15) is 39.5 Å². The van der Waals surface area contributed by atoms with Crippen LogP contribution in [0.5, 0.6) is 0 Å². The Morgan fingerprint density at radius 3 is 1.80 bits per heavy atom. The fourth-order valence-corrected chi connectivity index (χ4v) is 3.30. The maximum atomic E-state index is 13.1. The van der Waals surface area contributed by atoms with Crippen molar-refractivity contribution in [1.29, 1.82) is 0 Å². The van der Waals surface area contributed by atoms with Crippen LogP contribution in [0.3, 0.4) is 0 Å². The van der Waals surface area contributed by atoms with Gasteiger partial charge in [-0.15, -0.1) is 11.8 Å². The number of allylic oxidation sites excluding steroid dienone is 1. The highest BCUT2D eigenvalue weighted by atomic mass is 32.2. The van der Waals surface area contributed by atoms with E-state index in [-0.39, 0.29) is 11.6 Å². The first-order valence-electron chi connectivity index (χ1n) is 7.90. The molecule has 1 nitrogen and oxygen atoms in total. The van der Waals surface area contributed by atoms with Gasteiger partial charge in [-0.3, -0.25) is 4.79 Å². The van der Waals surface area contributed by atoms with Gasteiger partial charge in [0, 0.05) is 10.5 Å². The van der Waals surface area contributed by atoms with E-state index < -0.39 is 51.5 Å². The third-order valence-electron chi connectivity index (χ3n) is 3.83. The Hall–Kier alpha value is -2.43. The van der Waals surface area contributed by atoms with Gasteiger partial charge >= 0.3 is 18.5 Å². The molecule has 2 aromatic carbocycles. The lowest BCUT2D eigenvalue weighted by Gasteiger charge is -2.14. The number of hydrogen-bond donors (Lipinski definition) is 0. The first-order chi connectivity index (χ1) is 13.6. The zero-order valence-corrected chi connectivity index (χ0v) is 15.7. The molecular formula is C19H11F9OS. The molecule has 0 aliphatic heterocycles. The summed E-state index contributed by atoms with van der Waals surface area (Å²) in [4.78, 5) is 11.9. The molecule has 11 heteroatoms. The molecule has 0 aliphatic rings. The molecule has 2 aromatic rings. The quantitative estimate of drug-likeness (QED) is 0.206. The topological polar surface area (TPSA) is 17.1 Å². The van der Waals surface area contributed by atoms with Gasteiger partial charge in [0.05, 0.1) is 16.7 Å². The predicted molar refractivity (Wildman–Crippen MR) is 93.0 cm³/mol. The highest BCUT2D eigenvalue weighted by molar-refractivity contribution is 7.98. The average molecular weight is 458 g/mol. The number of benzene rings is 2. The zero-order valence-electron chi connectivity index (χ0n) is 14.8. The molecule has 0 aromatic heterocycles. The molecule has 0 heterocycles. The molecule has 0 atom stereocenters. The van der Waals surface area contributed by atoms with Crippen molar-refractivity contribution in [3.05, 3.63) is 70.3 Å². The monoisotopic (exact) mass is 458 g/mol. The summed E-state index contributed by atoms with van der Waals surface area (Å²) in [6.07, 6.45) is -12.3. The van der Waals surface area contributed by atoms with Gasteiger partial charge in [-0.25, -0.2) is 0 Å². The Kier molecular flexibility index (Phi) is 6.65. The maximum absolute atomic E-state index is 13.1. The van der Waals surface area contributed by atoms with E-state index in [1.807, 2.05) is 0 Å². The molecule has 0 radical (unpaired) electrons. The molecular weight excluding hydrogens is 447 g/mol. The van der Waals surface area contributed by atoms with Crippen LogP contribution in [0, 0.1) is 0 Å². The van der Waals surface area contributed by atoms with E-state index in [1.54, 1.807) is 0 Å². The normalized spacial score (nSPS) is 13.1. The van der Waals surface area contributed by atoms with E-state index in [2.05, 4.69) is 0 Å². The molecule has 162 valence electrons. The first-order valence-corrected chi connectivity index (χ1v) is 9.13. The van der Waals surface area contributed by atoms with Crippen molar-refractivity contribution in [1.82, 2.24) is 0 Å². The van der Waals surface area contributed by atoms with Crippen LogP contribution in [0.2, 0.25) is 0 Å². The number of hydrogen-bond acceptors (Lipinski definition) is 2. The lowest BCUT2D eigenvalue weighted by molar-refractivity contribution is -0.143. The number of thioether (sulfide) groups is 1. The summed E-state index contributed by atoms with van der Waals surface area (Å²) in [7, 11) is 0. The summed E-state index contributed by atoms with van der Waals surface area (Å²) in [6, 6.07) is 3.56. The Morgan fingerprint density at radius 1 is 0.833 bits per heavy atom. The second kappa shape index (κ2) is 8.37. The highest BCUT2D eigenvalue weighted by Gasteiger charge is 2.37. The van der Waals surface area contributed by atoms with Crippen LogP contribution in [0.4, 0.5) is 39.5 Å². The van der Waals surface area contributed by atoms with Crippen LogP contribution in [-0.4, -0.2) is 12.0 Å².